The summed E-state index contributed by atoms with van der Waals surface area (Å²) >= 11 is 0. The molecule has 0 bridgehead atoms. The predicted octanol–water partition coefficient (Wildman–Crippen LogP) is 1.03. The Kier molecular flexibility index (Phi) is 4.40. The van der Waals surface area contributed by atoms with Crippen molar-refractivity contribution in [3.8, 4) is 5.75 Å². The van der Waals surface area contributed by atoms with Crippen LogP contribution in [-0.4, -0.2) is 58.5 Å². The van der Waals surface area contributed by atoms with E-state index in [4.69, 9.17) is 4.74 Å². The topological polar surface area (TPSA) is 130 Å². The predicted molar refractivity (Wildman–Crippen MR) is 94.9 cm³/mol. The Morgan fingerprint density at radius 2 is 2.11 bits per heavy atom. The molecule has 3 atom stereocenters. The van der Waals surface area contributed by atoms with Crippen LogP contribution in [0.1, 0.15) is 19.3 Å². The fourth-order valence-electron chi connectivity index (χ4n) is 4.58. The zero-order valence-electron chi connectivity index (χ0n) is 14.9. The summed E-state index contributed by atoms with van der Waals surface area (Å²) in [6.45, 7) is -0.300. The summed E-state index contributed by atoms with van der Waals surface area (Å²) in [4.78, 5) is 50.0. The Morgan fingerprint density at radius 1 is 1.32 bits per heavy atom. The minimum atomic E-state index is -1.04. The number of benzene rings is 1. The third-order valence-corrected chi connectivity index (χ3v) is 5.85. The average Bonchev–Trinajstić information content (AvgIpc) is 3.24. The molecule has 1 saturated carbocycles. The molecule has 3 aliphatic rings. The first-order chi connectivity index (χ1) is 13.4. The van der Waals surface area contributed by atoms with E-state index in [1.165, 1.54) is 23.1 Å². The Labute approximate surface area is 159 Å². The van der Waals surface area contributed by atoms with Crippen LogP contribution in [0.5, 0.6) is 5.75 Å². The fraction of sp³-hybridized carbons (Fsp3) is 0.500. The third kappa shape index (κ3) is 2.94. The first-order valence-electron chi connectivity index (χ1n) is 9.10. The molecule has 1 saturated heterocycles. The summed E-state index contributed by atoms with van der Waals surface area (Å²) in [6.07, 6.45) is 2.63. The minimum Gasteiger partial charge on any atom is -0.482 e. The molecule has 10 heteroatoms. The van der Waals surface area contributed by atoms with Crippen molar-refractivity contribution < 1.29 is 29.2 Å². The lowest BCUT2D eigenvalue weighted by Crippen LogP contribution is -2.50. The molecule has 2 amide bonds. The smallest absolute Gasteiger partial charge is 0.326 e. The van der Waals surface area contributed by atoms with Gasteiger partial charge in [-0.2, -0.15) is 0 Å². The number of carbonyl (C=O) groups excluding carboxylic acids is 2. The number of aliphatic carboxylic acids is 1. The van der Waals surface area contributed by atoms with E-state index in [2.05, 4.69) is 0 Å². The number of non-ortho nitro benzene ring substituents is 1. The molecular formula is C18H19N3O7. The number of rotatable bonds is 4. The van der Waals surface area contributed by atoms with Gasteiger partial charge in [0.2, 0.25) is 5.91 Å². The Hall–Kier alpha value is -3.17. The van der Waals surface area contributed by atoms with Crippen molar-refractivity contribution >= 4 is 29.2 Å². The molecule has 0 aromatic heterocycles. The summed E-state index contributed by atoms with van der Waals surface area (Å²) in [7, 11) is 0. The van der Waals surface area contributed by atoms with Gasteiger partial charge >= 0.3 is 5.97 Å². The van der Waals surface area contributed by atoms with Crippen molar-refractivity contribution in [1.82, 2.24) is 4.90 Å². The largest absolute Gasteiger partial charge is 0.482 e. The van der Waals surface area contributed by atoms with Crippen LogP contribution in [0.15, 0.2) is 18.2 Å². The van der Waals surface area contributed by atoms with Crippen molar-refractivity contribution in [2.45, 2.75) is 25.3 Å². The second-order valence-corrected chi connectivity index (χ2v) is 7.36. The van der Waals surface area contributed by atoms with Gasteiger partial charge in [0.15, 0.2) is 6.61 Å². The number of carboxylic acid groups (broad SMARTS) is 1. The van der Waals surface area contributed by atoms with Crippen LogP contribution in [-0.2, 0) is 14.4 Å². The van der Waals surface area contributed by atoms with E-state index < -0.39 is 28.7 Å². The van der Waals surface area contributed by atoms with Gasteiger partial charge in [-0.3, -0.25) is 24.6 Å². The molecule has 2 aliphatic heterocycles. The summed E-state index contributed by atoms with van der Waals surface area (Å²) in [5.41, 5.74) is -0.0846. The van der Waals surface area contributed by atoms with Gasteiger partial charge in [0.1, 0.15) is 18.3 Å². The Balaban J connectivity index is 1.59. The second kappa shape index (κ2) is 6.77. The highest BCUT2D eigenvalue weighted by Gasteiger charge is 2.49. The number of likely N-dealkylation sites (tertiary alicyclic amines) is 1. The molecule has 2 heterocycles. The number of hydrogen-bond donors (Lipinski definition) is 1. The Bertz CT molecular complexity index is 871. The summed E-state index contributed by atoms with van der Waals surface area (Å²) in [6, 6.07) is 2.95. The molecule has 1 aliphatic carbocycles. The number of nitro benzene ring substituents is 1. The summed E-state index contributed by atoms with van der Waals surface area (Å²) < 4.78 is 5.29. The molecule has 10 nitrogen and oxygen atoms in total. The van der Waals surface area contributed by atoms with E-state index in [1.54, 1.807) is 0 Å². The van der Waals surface area contributed by atoms with Gasteiger partial charge in [0.05, 0.1) is 10.6 Å². The quantitative estimate of drug-likeness (QED) is 0.601. The van der Waals surface area contributed by atoms with Crippen LogP contribution >= 0.6 is 0 Å². The van der Waals surface area contributed by atoms with Gasteiger partial charge in [-0.25, -0.2) is 4.79 Å². The minimum absolute atomic E-state index is 0.0600. The van der Waals surface area contributed by atoms with Gasteiger partial charge in [-0.15, -0.1) is 0 Å². The third-order valence-electron chi connectivity index (χ3n) is 5.85. The highest BCUT2D eigenvalue weighted by Crippen LogP contribution is 2.42. The van der Waals surface area contributed by atoms with Crippen molar-refractivity contribution in [3.63, 3.8) is 0 Å². The Morgan fingerprint density at radius 3 is 2.82 bits per heavy atom. The van der Waals surface area contributed by atoms with Crippen LogP contribution < -0.4 is 9.64 Å². The van der Waals surface area contributed by atoms with Gasteiger partial charge in [0, 0.05) is 18.7 Å². The van der Waals surface area contributed by atoms with Crippen LogP contribution in [0.4, 0.5) is 11.4 Å². The number of fused-ring (bicyclic) bond motifs is 2. The molecule has 1 aromatic rings. The molecule has 1 N–H and O–H groups in total. The zero-order chi connectivity index (χ0) is 20.0. The number of carbonyl (C=O) groups is 3. The maximum atomic E-state index is 12.9. The van der Waals surface area contributed by atoms with Crippen molar-refractivity contribution in [1.29, 1.82) is 0 Å². The lowest BCUT2D eigenvalue weighted by Gasteiger charge is -2.31. The zero-order valence-corrected chi connectivity index (χ0v) is 14.9. The maximum Gasteiger partial charge on any atom is 0.326 e. The number of anilines is 1. The lowest BCUT2D eigenvalue weighted by molar-refractivity contribution is -0.384. The monoisotopic (exact) mass is 389 g/mol. The van der Waals surface area contributed by atoms with Crippen molar-refractivity contribution in [2.24, 2.45) is 11.8 Å². The van der Waals surface area contributed by atoms with Crippen LogP contribution in [0.2, 0.25) is 0 Å². The van der Waals surface area contributed by atoms with Crippen LogP contribution in [0.3, 0.4) is 0 Å². The number of nitrogens with zero attached hydrogens (tertiary/aromatic N) is 3. The van der Waals surface area contributed by atoms with E-state index in [9.17, 15) is 29.6 Å². The number of ether oxygens (including phenoxy) is 1. The first-order valence-corrected chi connectivity index (χ1v) is 9.10. The molecule has 0 spiro atoms. The van der Waals surface area contributed by atoms with E-state index >= 15 is 0 Å². The number of nitro groups is 1. The molecule has 3 unspecified atom stereocenters. The van der Waals surface area contributed by atoms with Gasteiger partial charge in [-0.1, -0.05) is 6.42 Å². The second-order valence-electron chi connectivity index (χ2n) is 7.36. The standard InChI is InChI=1S/C18H19N3O7/c22-15(20-7-10-2-1-3-12(10)17(20)18(24)25)8-19-13-6-11(21(26)27)4-5-14(13)28-9-16(19)23/h4-6,10,12,17H,1-3,7-9H2,(H,24,25). The highest BCUT2D eigenvalue weighted by atomic mass is 16.6. The molecular weight excluding hydrogens is 370 g/mol. The van der Waals surface area contributed by atoms with E-state index in [0.717, 1.165) is 24.2 Å². The normalized spacial score (nSPS) is 25.9. The SMILES string of the molecule is O=C(O)C1C2CCCC2CN1C(=O)CN1C(=O)COc2ccc([N+](=O)[O-])cc21. The van der Waals surface area contributed by atoms with Crippen molar-refractivity contribution in [2.75, 3.05) is 24.6 Å². The van der Waals surface area contributed by atoms with E-state index in [0.29, 0.717) is 6.54 Å². The summed E-state index contributed by atoms with van der Waals surface area (Å²) in [5.74, 6) is -1.64. The number of hydrogen-bond acceptors (Lipinski definition) is 6. The molecule has 4 rings (SSSR count). The molecule has 2 fully saturated rings. The van der Waals surface area contributed by atoms with Crippen LogP contribution in [0.25, 0.3) is 0 Å². The molecule has 1 aromatic carbocycles. The van der Waals surface area contributed by atoms with Gasteiger partial charge < -0.3 is 14.7 Å². The van der Waals surface area contributed by atoms with Crippen LogP contribution in [0, 0.1) is 22.0 Å². The molecule has 28 heavy (non-hydrogen) atoms. The average molecular weight is 389 g/mol. The lowest BCUT2D eigenvalue weighted by atomic mass is 9.94. The fourth-order valence-corrected chi connectivity index (χ4v) is 4.58. The van der Waals surface area contributed by atoms with Crippen molar-refractivity contribution in [3.05, 3.63) is 28.3 Å². The molecule has 148 valence electrons. The van der Waals surface area contributed by atoms with E-state index in [1.807, 2.05) is 0 Å². The summed E-state index contributed by atoms with van der Waals surface area (Å²) in [5, 5.41) is 20.7. The molecule has 0 radical (unpaired) electrons. The highest BCUT2D eigenvalue weighted by molar-refractivity contribution is 6.03. The maximum absolute atomic E-state index is 12.9. The number of carboxylic acids is 1. The number of amides is 2. The first kappa shape index (κ1) is 18.2. The van der Waals surface area contributed by atoms with Gasteiger partial charge in [-0.05, 0) is 30.7 Å². The van der Waals surface area contributed by atoms with E-state index in [-0.39, 0.29) is 42.1 Å². The van der Waals surface area contributed by atoms with Gasteiger partial charge in [0.25, 0.3) is 11.6 Å².